The normalized spacial score (nSPS) is 12.6. The molecule has 7 nitrogen and oxygen atoms in total. The zero-order valence-electron chi connectivity index (χ0n) is 22.6. The Morgan fingerprint density at radius 1 is 0.756 bits per heavy atom. The quantitative estimate of drug-likeness (QED) is 0.253. The summed E-state index contributed by atoms with van der Waals surface area (Å²) in [4.78, 5) is 39.9. The Balaban J connectivity index is 1.33. The standard InChI is InChI=1S/C34H32N2O5/c37-32(38)19-20-36(22-25-13-5-2-6-14-25)33(39)31(21-24-11-3-1-4-12-24)35-34(40)41-23-30-28-17-9-7-15-26(28)27-16-8-10-18-29(27)30/h1-18,30-31H,19-23H2,(H,35,40)(H,37,38)/t31-/m0/s1. The third kappa shape index (κ3) is 6.81. The summed E-state index contributed by atoms with van der Waals surface area (Å²) in [7, 11) is 0. The first-order valence-electron chi connectivity index (χ1n) is 13.7. The van der Waals surface area contributed by atoms with Crippen LogP contribution in [0.3, 0.4) is 0 Å². The number of benzene rings is 4. The van der Waals surface area contributed by atoms with Gasteiger partial charge in [-0.15, -0.1) is 0 Å². The van der Waals surface area contributed by atoms with Crippen LogP contribution in [0.15, 0.2) is 109 Å². The minimum atomic E-state index is -1.00. The fraction of sp³-hybridized carbons (Fsp3) is 0.206. The van der Waals surface area contributed by atoms with E-state index in [0.29, 0.717) is 0 Å². The Bertz CT molecular complexity index is 1460. The summed E-state index contributed by atoms with van der Waals surface area (Å²) in [5.74, 6) is -1.48. The first-order valence-corrected chi connectivity index (χ1v) is 13.7. The van der Waals surface area contributed by atoms with Crippen LogP contribution in [0.25, 0.3) is 11.1 Å². The number of amides is 2. The number of aliphatic carboxylic acids is 1. The lowest BCUT2D eigenvalue weighted by Crippen LogP contribution is -2.50. The van der Waals surface area contributed by atoms with E-state index in [0.717, 1.165) is 33.4 Å². The number of alkyl carbamates (subject to hydrolysis) is 1. The molecule has 2 N–H and O–H groups in total. The number of carboxylic acids is 1. The van der Waals surface area contributed by atoms with Crippen molar-refractivity contribution >= 4 is 18.0 Å². The zero-order valence-corrected chi connectivity index (χ0v) is 22.6. The van der Waals surface area contributed by atoms with Gasteiger partial charge >= 0.3 is 12.1 Å². The molecule has 0 radical (unpaired) electrons. The molecule has 0 unspecified atom stereocenters. The number of hydrogen-bond acceptors (Lipinski definition) is 4. The van der Waals surface area contributed by atoms with Crippen molar-refractivity contribution in [3.05, 3.63) is 131 Å². The highest BCUT2D eigenvalue weighted by Gasteiger charge is 2.31. The number of carboxylic acid groups (broad SMARTS) is 1. The Hall–Kier alpha value is -4.91. The van der Waals surface area contributed by atoms with Gasteiger partial charge < -0.3 is 20.1 Å². The number of fused-ring (bicyclic) bond motifs is 3. The summed E-state index contributed by atoms with van der Waals surface area (Å²) >= 11 is 0. The van der Waals surface area contributed by atoms with Crippen LogP contribution >= 0.6 is 0 Å². The van der Waals surface area contributed by atoms with Crippen molar-refractivity contribution in [2.24, 2.45) is 0 Å². The summed E-state index contributed by atoms with van der Waals surface area (Å²) in [6.45, 7) is 0.365. The Morgan fingerprint density at radius 3 is 1.88 bits per heavy atom. The van der Waals surface area contributed by atoms with E-state index in [2.05, 4.69) is 17.4 Å². The van der Waals surface area contributed by atoms with E-state index < -0.39 is 18.1 Å². The Labute approximate surface area is 239 Å². The van der Waals surface area contributed by atoms with Crippen LogP contribution in [0, 0.1) is 0 Å². The van der Waals surface area contributed by atoms with Crippen molar-refractivity contribution in [2.45, 2.75) is 31.3 Å². The molecular weight excluding hydrogens is 516 g/mol. The average molecular weight is 549 g/mol. The van der Waals surface area contributed by atoms with Crippen molar-refractivity contribution < 1.29 is 24.2 Å². The predicted octanol–water partition coefficient (Wildman–Crippen LogP) is 5.64. The summed E-state index contributed by atoms with van der Waals surface area (Å²) < 4.78 is 5.74. The van der Waals surface area contributed by atoms with Crippen LogP contribution in [0.2, 0.25) is 0 Å². The molecule has 0 saturated carbocycles. The van der Waals surface area contributed by atoms with Gasteiger partial charge in [-0.3, -0.25) is 9.59 Å². The molecule has 0 saturated heterocycles. The number of nitrogens with zero attached hydrogens (tertiary/aromatic N) is 1. The summed E-state index contributed by atoms with van der Waals surface area (Å²) in [5, 5.41) is 12.1. The molecule has 0 spiro atoms. The Morgan fingerprint density at radius 2 is 1.29 bits per heavy atom. The van der Waals surface area contributed by atoms with Crippen molar-refractivity contribution in [1.29, 1.82) is 0 Å². The number of rotatable bonds is 11. The van der Waals surface area contributed by atoms with Gasteiger partial charge in [-0.05, 0) is 33.4 Å². The number of carbonyl (C=O) groups excluding carboxylic acids is 2. The molecule has 1 aliphatic carbocycles. The van der Waals surface area contributed by atoms with E-state index >= 15 is 0 Å². The summed E-state index contributed by atoms with van der Waals surface area (Å²) in [5.41, 5.74) is 6.18. The predicted molar refractivity (Wildman–Crippen MR) is 156 cm³/mol. The lowest BCUT2D eigenvalue weighted by molar-refractivity contribution is -0.139. The second-order valence-corrected chi connectivity index (χ2v) is 10.1. The number of carbonyl (C=O) groups is 3. The molecule has 5 rings (SSSR count). The molecule has 0 fully saturated rings. The van der Waals surface area contributed by atoms with Crippen molar-refractivity contribution in [1.82, 2.24) is 10.2 Å². The topological polar surface area (TPSA) is 95.9 Å². The fourth-order valence-electron chi connectivity index (χ4n) is 5.35. The first kappa shape index (κ1) is 27.6. The largest absolute Gasteiger partial charge is 0.481 e. The average Bonchev–Trinajstić information content (AvgIpc) is 3.32. The van der Waals surface area contributed by atoms with Crippen molar-refractivity contribution in [3.8, 4) is 11.1 Å². The Kier molecular flexibility index (Phi) is 8.74. The monoisotopic (exact) mass is 548 g/mol. The van der Waals surface area contributed by atoms with E-state index in [1.807, 2.05) is 97.1 Å². The lowest BCUT2D eigenvalue weighted by Gasteiger charge is -2.28. The van der Waals surface area contributed by atoms with E-state index in [1.54, 1.807) is 0 Å². The number of ether oxygens (including phenoxy) is 1. The maximum atomic E-state index is 13.9. The fourth-order valence-corrected chi connectivity index (χ4v) is 5.35. The van der Waals surface area contributed by atoms with Crippen LogP contribution in [0.4, 0.5) is 4.79 Å². The molecular formula is C34H32N2O5. The van der Waals surface area contributed by atoms with Crippen molar-refractivity contribution in [2.75, 3.05) is 13.2 Å². The molecule has 1 aliphatic rings. The summed E-state index contributed by atoms with van der Waals surface area (Å²) in [6, 6.07) is 34.0. The van der Waals surface area contributed by atoms with Crippen LogP contribution in [0.5, 0.6) is 0 Å². The molecule has 208 valence electrons. The zero-order chi connectivity index (χ0) is 28.6. The van der Waals surface area contributed by atoms with Crippen LogP contribution in [0.1, 0.15) is 34.6 Å². The number of nitrogens with one attached hydrogen (secondary N) is 1. The maximum Gasteiger partial charge on any atom is 0.407 e. The van der Waals surface area contributed by atoms with Gasteiger partial charge in [-0.2, -0.15) is 0 Å². The smallest absolute Gasteiger partial charge is 0.407 e. The van der Waals surface area contributed by atoms with Gasteiger partial charge in [0.2, 0.25) is 5.91 Å². The van der Waals surface area contributed by atoms with Crippen LogP contribution < -0.4 is 5.32 Å². The molecule has 4 aromatic rings. The molecule has 7 heteroatoms. The lowest BCUT2D eigenvalue weighted by atomic mass is 9.98. The molecule has 0 bridgehead atoms. The molecule has 2 amide bonds. The molecule has 0 aromatic heterocycles. The van der Waals surface area contributed by atoms with Gasteiger partial charge in [-0.25, -0.2) is 4.79 Å². The SMILES string of the molecule is O=C(O)CCN(Cc1ccccc1)C(=O)[C@H](Cc1ccccc1)NC(=O)OCC1c2ccccc2-c2ccccc21. The van der Waals surface area contributed by atoms with Crippen LogP contribution in [-0.4, -0.2) is 47.2 Å². The van der Waals surface area contributed by atoms with Gasteiger partial charge in [0.1, 0.15) is 12.6 Å². The third-order valence-electron chi connectivity index (χ3n) is 7.34. The maximum absolute atomic E-state index is 13.9. The van der Waals surface area contributed by atoms with E-state index in [1.165, 1.54) is 4.90 Å². The highest BCUT2D eigenvalue weighted by atomic mass is 16.5. The van der Waals surface area contributed by atoms with Gasteiger partial charge in [0.15, 0.2) is 0 Å². The second-order valence-electron chi connectivity index (χ2n) is 10.1. The van der Waals surface area contributed by atoms with E-state index in [-0.39, 0.29) is 44.4 Å². The van der Waals surface area contributed by atoms with Gasteiger partial charge in [-0.1, -0.05) is 109 Å². The molecule has 0 heterocycles. The highest BCUT2D eigenvalue weighted by molar-refractivity contribution is 5.86. The van der Waals surface area contributed by atoms with Crippen LogP contribution in [-0.2, 0) is 27.3 Å². The van der Waals surface area contributed by atoms with Crippen molar-refractivity contribution in [3.63, 3.8) is 0 Å². The van der Waals surface area contributed by atoms with E-state index in [9.17, 15) is 19.5 Å². The highest BCUT2D eigenvalue weighted by Crippen LogP contribution is 2.44. The molecule has 0 aliphatic heterocycles. The summed E-state index contributed by atoms with van der Waals surface area (Å²) in [6.07, 6.45) is -0.664. The third-order valence-corrected chi connectivity index (χ3v) is 7.34. The van der Waals surface area contributed by atoms with Gasteiger partial charge in [0, 0.05) is 25.4 Å². The first-order chi connectivity index (χ1) is 20.0. The molecule has 4 aromatic carbocycles. The van der Waals surface area contributed by atoms with E-state index in [4.69, 9.17) is 4.74 Å². The molecule has 1 atom stereocenters. The second kappa shape index (κ2) is 13.0. The minimum Gasteiger partial charge on any atom is -0.481 e. The number of hydrogen-bond donors (Lipinski definition) is 2. The van der Waals surface area contributed by atoms with Gasteiger partial charge in [0.25, 0.3) is 0 Å². The van der Waals surface area contributed by atoms with Gasteiger partial charge in [0.05, 0.1) is 6.42 Å². The molecule has 41 heavy (non-hydrogen) atoms. The minimum absolute atomic E-state index is 0.0146.